The van der Waals surface area contributed by atoms with Crippen LogP contribution in [-0.4, -0.2) is 10.5 Å². The van der Waals surface area contributed by atoms with Crippen molar-refractivity contribution in [3.63, 3.8) is 0 Å². The Morgan fingerprint density at radius 2 is 1.92 bits per heavy atom. The lowest BCUT2D eigenvalue weighted by Crippen LogP contribution is -2.32. The number of hydrogen-bond acceptors (Lipinski definition) is 2. The van der Waals surface area contributed by atoms with Crippen LogP contribution in [0.3, 0.4) is 0 Å². The molecule has 1 amide bonds. The van der Waals surface area contributed by atoms with Crippen LogP contribution >= 0.6 is 11.6 Å². The largest absolute Gasteiger partial charge is 0.416 e. The number of anilines is 1. The van der Waals surface area contributed by atoms with Gasteiger partial charge in [0, 0.05) is 16.7 Å². The first-order valence-corrected chi connectivity index (χ1v) is 7.67. The first-order valence-electron chi connectivity index (χ1n) is 7.29. The van der Waals surface area contributed by atoms with Crippen LogP contribution in [0, 0.1) is 0 Å². The van der Waals surface area contributed by atoms with Gasteiger partial charge in [0.05, 0.1) is 11.3 Å². The van der Waals surface area contributed by atoms with Crippen molar-refractivity contribution in [1.29, 1.82) is 0 Å². The molecule has 0 atom stereocenters. The van der Waals surface area contributed by atoms with E-state index in [4.69, 9.17) is 11.6 Å². The molecule has 3 rings (SSSR count). The highest BCUT2D eigenvalue weighted by molar-refractivity contribution is 6.31. The third-order valence-corrected chi connectivity index (χ3v) is 3.82. The Hall–Kier alpha value is -2.67. The van der Waals surface area contributed by atoms with E-state index in [0.717, 1.165) is 23.0 Å². The van der Waals surface area contributed by atoms with Crippen molar-refractivity contribution < 1.29 is 18.0 Å². The van der Waals surface area contributed by atoms with Gasteiger partial charge in [-0.05, 0) is 41.8 Å². The number of amides is 1. The topological polar surface area (TPSA) is 46.1 Å². The quantitative estimate of drug-likeness (QED) is 0.669. The van der Waals surface area contributed by atoms with Crippen LogP contribution in [-0.2, 0) is 17.5 Å². The summed E-state index contributed by atoms with van der Waals surface area (Å²) in [5.41, 5.74) is 5.02. The standard InChI is InChI=1S/C17H13ClF3N3O/c18-13-5-4-11-6-7-24(15(11)9-13)10-16(25)23-22-14-3-1-2-12(8-14)17(19,20)21/h1-9,22H,10H2,(H,23,25). The fourth-order valence-corrected chi connectivity index (χ4v) is 2.57. The van der Waals surface area contributed by atoms with E-state index in [0.29, 0.717) is 5.02 Å². The van der Waals surface area contributed by atoms with E-state index in [1.807, 2.05) is 12.1 Å². The second-order valence-corrected chi connectivity index (χ2v) is 5.83. The van der Waals surface area contributed by atoms with Gasteiger partial charge in [-0.1, -0.05) is 23.7 Å². The Morgan fingerprint density at radius 1 is 1.12 bits per heavy atom. The van der Waals surface area contributed by atoms with E-state index < -0.39 is 17.6 Å². The molecule has 0 saturated carbocycles. The van der Waals surface area contributed by atoms with Gasteiger partial charge in [0.1, 0.15) is 6.54 Å². The summed E-state index contributed by atoms with van der Waals surface area (Å²) in [6.07, 6.45) is -2.70. The number of halogens is 4. The highest BCUT2D eigenvalue weighted by atomic mass is 35.5. The lowest BCUT2D eigenvalue weighted by atomic mass is 10.2. The minimum atomic E-state index is -4.44. The van der Waals surface area contributed by atoms with Crippen molar-refractivity contribution in [3.8, 4) is 0 Å². The Balaban J connectivity index is 1.66. The number of hydrazine groups is 1. The molecular weight excluding hydrogens is 355 g/mol. The van der Waals surface area contributed by atoms with Crippen molar-refractivity contribution in [2.24, 2.45) is 0 Å². The monoisotopic (exact) mass is 367 g/mol. The van der Waals surface area contributed by atoms with Gasteiger partial charge < -0.3 is 4.57 Å². The molecule has 25 heavy (non-hydrogen) atoms. The summed E-state index contributed by atoms with van der Waals surface area (Å²) in [6, 6.07) is 11.8. The first-order chi connectivity index (χ1) is 11.8. The Labute approximate surface area is 146 Å². The molecule has 0 saturated heterocycles. The Bertz CT molecular complexity index is 921. The van der Waals surface area contributed by atoms with Crippen LogP contribution in [0.5, 0.6) is 0 Å². The van der Waals surface area contributed by atoms with E-state index >= 15 is 0 Å². The van der Waals surface area contributed by atoms with Crippen molar-refractivity contribution in [3.05, 3.63) is 65.3 Å². The fraction of sp³-hybridized carbons (Fsp3) is 0.118. The third kappa shape index (κ3) is 4.06. The first kappa shape index (κ1) is 17.2. The van der Waals surface area contributed by atoms with Crippen LogP contribution in [0.2, 0.25) is 5.02 Å². The third-order valence-electron chi connectivity index (χ3n) is 3.59. The van der Waals surface area contributed by atoms with Crippen molar-refractivity contribution >= 4 is 34.1 Å². The molecule has 2 N–H and O–H groups in total. The number of benzene rings is 2. The minimum absolute atomic E-state index is 0.00416. The summed E-state index contributed by atoms with van der Waals surface area (Å²) in [5, 5.41) is 1.48. The highest BCUT2D eigenvalue weighted by Crippen LogP contribution is 2.30. The molecule has 3 aromatic rings. The number of alkyl halides is 3. The van der Waals surface area contributed by atoms with Crippen LogP contribution < -0.4 is 10.9 Å². The zero-order valence-corrected chi connectivity index (χ0v) is 13.5. The maximum Gasteiger partial charge on any atom is 0.416 e. The van der Waals surface area contributed by atoms with Crippen LogP contribution in [0.1, 0.15) is 5.56 Å². The number of carbonyl (C=O) groups is 1. The smallest absolute Gasteiger partial charge is 0.338 e. The molecule has 4 nitrogen and oxygen atoms in total. The number of rotatable bonds is 4. The van der Waals surface area contributed by atoms with E-state index in [9.17, 15) is 18.0 Å². The molecule has 8 heteroatoms. The Morgan fingerprint density at radius 3 is 2.68 bits per heavy atom. The number of carbonyl (C=O) groups excluding carboxylic acids is 1. The SMILES string of the molecule is O=C(Cn1ccc2ccc(Cl)cc21)NNc1cccc(C(F)(F)F)c1. The second kappa shape index (κ2) is 6.68. The molecule has 0 bridgehead atoms. The number of hydrogen-bond donors (Lipinski definition) is 2. The van der Waals surface area contributed by atoms with Gasteiger partial charge in [-0.25, -0.2) is 0 Å². The number of fused-ring (bicyclic) bond motifs is 1. The maximum absolute atomic E-state index is 12.7. The average Bonchev–Trinajstić information content (AvgIpc) is 2.94. The average molecular weight is 368 g/mol. The van der Waals surface area contributed by atoms with Gasteiger partial charge in [-0.3, -0.25) is 15.6 Å². The minimum Gasteiger partial charge on any atom is -0.338 e. The zero-order valence-electron chi connectivity index (χ0n) is 12.8. The summed E-state index contributed by atoms with van der Waals surface area (Å²) < 4.78 is 39.7. The molecule has 0 unspecified atom stereocenters. The zero-order chi connectivity index (χ0) is 18.0. The second-order valence-electron chi connectivity index (χ2n) is 5.40. The molecule has 130 valence electrons. The molecule has 0 aliphatic heterocycles. The Kier molecular flexibility index (Phi) is 4.59. The molecule has 0 aliphatic rings. The van der Waals surface area contributed by atoms with E-state index in [1.165, 1.54) is 12.1 Å². The number of aromatic nitrogens is 1. The van der Waals surface area contributed by atoms with Gasteiger partial charge in [-0.15, -0.1) is 0 Å². The number of nitrogens with one attached hydrogen (secondary N) is 2. The van der Waals surface area contributed by atoms with Gasteiger partial charge >= 0.3 is 6.18 Å². The predicted molar refractivity (Wildman–Crippen MR) is 90.2 cm³/mol. The molecule has 0 radical (unpaired) electrons. The fourth-order valence-electron chi connectivity index (χ4n) is 2.40. The molecular formula is C17H13ClF3N3O. The van der Waals surface area contributed by atoms with Crippen LogP contribution in [0.4, 0.5) is 18.9 Å². The van der Waals surface area contributed by atoms with Crippen molar-refractivity contribution in [1.82, 2.24) is 9.99 Å². The summed E-state index contributed by atoms with van der Waals surface area (Å²) in [6.45, 7) is -0.00416. The van der Waals surface area contributed by atoms with Gasteiger partial charge in [0.25, 0.3) is 5.91 Å². The molecule has 0 aliphatic carbocycles. The van der Waals surface area contributed by atoms with E-state index in [2.05, 4.69) is 10.9 Å². The summed E-state index contributed by atoms with van der Waals surface area (Å²) >= 11 is 5.96. The normalized spacial score (nSPS) is 11.5. The summed E-state index contributed by atoms with van der Waals surface area (Å²) in [7, 11) is 0. The van der Waals surface area contributed by atoms with E-state index in [-0.39, 0.29) is 12.2 Å². The highest BCUT2D eigenvalue weighted by Gasteiger charge is 2.30. The summed E-state index contributed by atoms with van der Waals surface area (Å²) in [4.78, 5) is 12.0. The maximum atomic E-state index is 12.7. The van der Waals surface area contributed by atoms with Crippen molar-refractivity contribution in [2.45, 2.75) is 12.7 Å². The van der Waals surface area contributed by atoms with Gasteiger partial charge in [-0.2, -0.15) is 13.2 Å². The molecule has 2 aromatic carbocycles. The van der Waals surface area contributed by atoms with Crippen LogP contribution in [0.15, 0.2) is 54.7 Å². The van der Waals surface area contributed by atoms with Gasteiger partial charge in [0.2, 0.25) is 0 Å². The lowest BCUT2D eigenvalue weighted by Gasteiger charge is -2.12. The predicted octanol–water partition coefficient (Wildman–Crippen LogP) is 4.46. The number of nitrogens with zero attached hydrogens (tertiary/aromatic N) is 1. The molecule has 1 heterocycles. The molecule has 1 aromatic heterocycles. The molecule has 0 spiro atoms. The van der Waals surface area contributed by atoms with Crippen molar-refractivity contribution in [2.75, 3.05) is 5.43 Å². The summed E-state index contributed by atoms with van der Waals surface area (Å²) in [5.74, 6) is -0.408. The van der Waals surface area contributed by atoms with Gasteiger partial charge in [0.15, 0.2) is 0 Å². The molecule has 0 fully saturated rings. The van der Waals surface area contributed by atoms with Crippen LogP contribution in [0.25, 0.3) is 10.9 Å². The lowest BCUT2D eigenvalue weighted by molar-refractivity contribution is -0.137. The van der Waals surface area contributed by atoms with E-state index in [1.54, 1.807) is 22.9 Å².